The van der Waals surface area contributed by atoms with Crippen molar-refractivity contribution >= 4 is 5.97 Å². The van der Waals surface area contributed by atoms with Gasteiger partial charge in [-0.1, -0.05) is 66.9 Å². The maximum atomic E-state index is 11.8. The van der Waals surface area contributed by atoms with Gasteiger partial charge in [-0.2, -0.15) is 0 Å². The summed E-state index contributed by atoms with van der Waals surface area (Å²) in [6.45, 7) is 12.9. The molecule has 1 fully saturated rings. The molecule has 0 aliphatic heterocycles. The van der Waals surface area contributed by atoms with E-state index in [1.807, 2.05) is 0 Å². The van der Waals surface area contributed by atoms with Crippen LogP contribution in [0.25, 0.3) is 0 Å². The Kier molecular flexibility index (Phi) is 5.46. The van der Waals surface area contributed by atoms with E-state index in [2.05, 4.69) is 47.6 Å². The minimum Gasteiger partial charge on any atom is -0.478 e. The second-order valence-corrected chi connectivity index (χ2v) is 8.49. The molecule has 20 heavy (non-hydrogen) atoms. The SMILES string of the molecule is CC(C)(C)C(C(=CC1CCCCC1)C(=O)O)C(C)(C)C. The third-order valence-electron chi connectivity index (χ3n) is 4.36. The van der Waals surface area contributed by atoms with Crippen LogP contribution in [0, 0.1) is 22.7 Å². The zero-order valence-electron chi connectivity index (χ0n) is 14.1. The van der Waals surface area contributed by atoms with E-state index >= 15 is 0 Å². The predicted octanol–water partition coefficient (Wildman–Crippen LogP) is 5.29. The highest BCUT2D eigenvalue weighted by atomic mass is 16.4. The quantitative estimate of drug-likeness (QED) is 0.713. The Balaban J connectivity index is 3.14. The van der Waals surface area contributed by atoms with E-state index in [4.69, 9.17) is 0 Å². The van der Waals surface area contributed by atoms with Crippen molar-refractivity contribution in [3.8, 4) is 0 Å². The average molecular weight is 280 g/mol. The standard InChI is InChI=1S/C18H32O2/c1-17(2,3)15(18(4,5)6)14(16(19)20)12-13-10-8-7-9-11-13/h12-13,15H,7-11H2,1-6H3,(H,19,20). The number of allylic oxidation sites excluding steroid dienone is 1. The van der Waals surface area contributed by atoms with Crippen LogP contribution in [0.15, 0.2) is 11.6 Å². The summed E-state index contributed by atoms with van der Waals surface area (Å²) >= 11 is 0. The fourth-order valence-corrected chi connectivity index (χ4v) is 4.08. The number of carboxylic acids is 1. The third-order valence-corrected chi connectivity index (χ3v) is 4.36. The lowest BCUT2D eigenvalue weighted by atomic mass is 9.62. The summed E-state index contributed by atoms with van der Waals surface area (Å²) in [5, 5.41) is 9.73. The molecule has 0 atom stereocenters. The number of carbonyl (C=O) groups is 1. The highest BCUT2D eigenvalue weighted by Gasteiger charge is 2.40. The number of hydrogen-bond acceptors (Lipinski definition) is 1. The monoisotopic (exact) mass is 280 g/mol. The topological polar surface area (TPSA) is 37.3 Å². The highest BCUT2D eigenvalue weighted by Crippen LogP contribution is 2.45. The molecule has 1 aliphatic carbocycles. The zero-order chi connectivity index (χ0) is 15.6. The molecule has 0 bridgehead atoms. The third kappa shape index (κ3) is 4.64. The fraction of sp³-hybridized carbons (Fsp3) is 0.833. The second-order valence-electron chi connectivity index (χ2n) is 8.49. The molecule has 1 N–H and O–H groups in total. The molecule has 116 valence electrons. The molecule has 0 spiro atoms. The molecule has 0 aromatic carbocycles. The van der Waals surface area contributed by atoms with Crippen LogP contribution in [0.4, 0.5) is 0 Å². The van der Waals surface area contributed by atoms with Crippen LogP contribution in [0.1, 0.15) is 73.6 Å². The number of rotatable bonds is 3. The van der Waals surface area contributed by atoms with Crippen molar-refractivity contribution in [2.45, 2.75) is 73.6 Å². The van der Waals surface area contributed by atoms with Gasteiger partial charge in [0.05, 0.1) is 0 Å². The van der Waals surface area contributed by atoms with Crippen molar-refractivity contribution in [2.75, 3.05) is 0 Å². The van der Waals surface area contributed by atoms with Crippen LogP contribution in [-0.4, -0.2) is 11.1 Å². The van der Waals surface area contributed by atoms with E-state index in [1.54, 1.807) is 0 Å². The van der Waals surface area contributed by atoms with Gasteiger partial charge in [-0.25, -0.2) is 4.79 Å². The van der Waals surface area contributed by atoms with Crippen LogP contribution < -0.4 is 0 Å². The van der Waals surface area contributed by atoms with Gasteiger partial charge in [0.25, 0.3) is 0 Å². The van der Waals surface area contributed by atoms with Crippen molar-refractivity contribution in [3.05, 3.63) is 11.6 Å². The van der Waals surface area contributed by atoms with Gasteiger partial charge in [-0.15, -0.1) is 0 Å². The molecule has 2 heteroatoms. The predicted molar refractivity (Wildman–Crippen MR) is 84.7 cm³/mol. The molecule has 0 heterocycles. The van der Waals surface area contributed by atoms with Gasteiger partial charge in [0.1, 0.15) is 0 Å². The van der Waals surface area contributed by atoms with Gasteiger partial charge >= 0.3 is 5.97 Å². The van der Waals surface area contributed by atoms with Gasteiger partial charge < -0.3 is 5.11 Å². The van der Waals surface area contributed by atoms with Crippen LogP contribution in [0.2, 0.25) is 0 Å². The smallest absolute Gasteiger partial charge is 0.331 e. The van der Waals surface area contributed by atoms with E-state index in [0.717, 1.165) is 12.8 Å². The van der Waals surface area contributed by atoms with Crippen LogP contribution >= 0.6 is 0 Å². The molecule has 0 saturated heterocycles. The molecule has 0 aromatic heterocycles. The highest BCUT2D eigenvalue weighted by molar-refractivity contribution is 5.87. The number of carboxylic acid groups (broad SMARTS) is 1. The van der Waals surface area contributed by atoms with Gasteiger partial charge in [0.2, 0.25) is 0 Å². The molecular formula is C18H32O2. The fourth-order valence-electron chi connectivity index (χ4n) is 4.08. The molecule has 1 saturated carbocycles. The Morgan fingerprint density at radius 2 is 1.45 bits per heavy atom. The van der Waals surface area contributed by atoms with Crippen molar-refractivity contribution in [3.63, 3.8) is 0 Å². The Morgan fingerprint density at radius 3 is 1.80 bits per heavy atom. The summed E-state index contributed by atoms with van der Waals surface area (Å²) in [7, 11) is 0. The molecular weight excluding hydrogens is 248 g/mol. The lowest BCUT2D eigenvalue weighted by molar-refractivity contribution is -0.134. The number of hydrogen-bond donors (Lipinski definition) is 1. The van der Waals surface area contributed by atoms with E-state index in [-0.39, 0.29) is 16.7 Å². The van der Waals surface area contributed by atoms with Crippen molar-refractivity contribution < 1.29 is 9.90 Å². The van der Waals surface area contributed by atoms with E-state index in [9.17, 15) is 9.90 Å². The first-order chi connectivity index (χ1) is 9.03. The lowest BCUT2D eigenvalue weighted by Gasteiger charge is -2.41. The van der Waals surface area contributed by atoms with Gasteiger partial charge in [0, 0.05) is 11.5 Å². The summed E-state index contributed by atoms with van der Waals surface area (Å²) < 4.78 is 0. The Labute approximate surface area is 124 Å². The lowest BCUT2D eigenvalue weighted by Crippen LogP contribution is -2.37. The Morgan fingerprint density at radius 1 is 1.00 bits per heavy atom. The normalized spacial score (nSPS) is 19.4. The van der Waals surface area contributed by atoms with Gasteiger partial charge in [-0.3, -0.25) is 0 Å². The second kappa shape index (κ2) is 6.32. The molecule has 0 radical (unpaired) electrons. The first-order valence-electron chi connectivity index (χ1n) is 7.98. The van der Waals surface area contributed by atoms with E-state index in [0.29, 0.717) is 11.5 Å². The van der Waals surface area contributed by atoms with Gasteiger partial charge in [0.15, 0.2) is 0 Å². The van der Waals surface area contributed by atoms with Crippen molar-refractivity contribution in [1.82, 2.24) is 0 Å². The maximum Gasteiger partial charge on any atom is 0.331 e. The van der Waals surface area contributed by atoms with Gasteiger partial charge in [-0.05, 0) is 29.6 Å². The van der Waals surface area contributed by atoms with E-state index in [1.165, 1.54) is 19.3 Å². The largest absolute Gasteiger partial charge is 0.478 e. The first-order valence-corrected chi connectivity index (χ1v) is 7.98. The Hall–Kier alpha value is -0.790. The minimum atomic E-state index is -0.731. The maximum absolute atomic E-state index is 11.8. The van der Waals surface area contributed by atoms with Crippen molar-refractivity contribution in [2.24, 2.45) is 22.7 Å². The van der Waals surface area contributed by atoms with Crippen LogP contribution in [-0.2, 0) is 4.79 Å². The molecule has 1 aliphatic rings. The first kappa shape index (κ1) is 17.3. The van der Waals surface area contributed by atoms with Crippen molar-refractivity contribution in [1.29, 1.82) is 0 Å². The summed E-state index contributed by atoms with van der Waals surface area (Å²) in [5.41, 5.74) is 0.547. The molecule has 0 unspecified atom stereocenters. The van der Waals surface area contributed by atoms with Crippen LogP contribution in [0.5, 0.6) is 0 Å². The summed E-state index contributed by atoms with van der Waals surface area (Å²) in [6.07, 6.45) is 8.17. The molecule has 2 nitrogen and oxygen atoms in total. The minimum absolute atomic E-state index is 0.0445. The number of aliphatic carboxylic acids is 1. The summed E-state index contributed by atoms with van der Waals surface area (Å²) in [6, 6.07) is 0. The molecule has 0 amide bonds. The average Bonchev–Trinajstić information content (AvgIpc) is 2.25. The molecule has 0 aromatic rings. The zero-order valence-corrected chi connectivity index (χ0v) is 14.1. The Bertz CT molecular complexity index is 346. The van der Waals surface area contributed by atoms with Crippen LogP contribution in [0.3, 0.4) is 0 Å². The molecule has 1 rings (SSSR count). The summed E-state index contributed by atoms with van der Waals surface area (Å²) in [5.74, 6) is -0.207. The van der Waals surface area contributed by atoms with E-state index < -0.39 is 5.97 Å². The summed E-state index contributed by atoms with van der Waals surface area (Å²) in [4.78, 5) is 11.8.